The fourth-order valence-electron chi connectivity index (χ4n) is 1.00. The van der Waals surface area contributed by atoms with Gasteiger partial charge in [0.15, 0.2) is 0 Å². The van der Waals surface area contributed by atoms with Gasteiger partial charge in [0, 0.05) is 13.6 Å². The van der Waals surface area contributed by atoms with E-state index >= 15 is 0 Å². The highest BCUT2D eigenvalue weighted by atomic mass is 16.2. The first-order valence-electron chi connectivity index (χ1n) is 5.26. The van der Waals surface area contributed by atoms with E-state index in [2.05, 4.69) is 16.6 Å². The number of carbonyl (C=O) groups is 2. The highest BCUT2D eigenvalue weighted by Crippen LogP contribution is 1.84. The molecule has 90 valence electrons. The second-order valence-electron chi connectivity index (χ2n) is 3.41. The summed E-state index contributed by atoms with van der Waals surface area (Å²) in [6.07, 6.45) is 5.91. The van der Waals surface area contributed by atoms with Crippen molar-refractivity contribution in [1.29, 1.82) is 0 Å². The molecule has 0 aromatic heterocycles. The lowest BCUT2D eigenvalue weighted by molar-refractivity contribution is -0.133. The van der Waals surface area contributed by atoms with Gasteiger partial charge in [-0.25, -0.2) is 0 Å². The first-order chi connectivity index (χ1) is 7.61. The standard InChI is InChI=1S/C11H19N3O2/c1-4-6-12-8-11(16)14(3)9-10(15)13-7-5-2/h1,12H,5-9H2,2-3H3,(H,13,15). The molecule has 0 spiro atoms. The highest BCUT2D eigenvalue weighted by molar-refractivity contribution is 5.85. The normalized spacial score (nSPS) is 9.31. The topological polar surface area (TPSA) is 61.4 Å². The van der Waals surface area contributed by atoms with E-state index < -0.39 is 0 Å². The van der Waals surface area contributed by atoms with E-state index in [4.69, 9.17) is 6.42 Å². The zero-order valence-electron chi connectivity index (χ0n) is 9.88. The molecule has 0 saturated heterocycles. The minimum absolute atomic E-state index is 0.0799. The molecule has 0 atom stereocenters. The van der Waals surface area contributed by atoms with Crippen LogP contribution in [0.5, 0.6) is 0 Å². The van der Waals surface area contributed by atoms with Crippen molar-refractivity contribution >= 4 is 11.8 Å². The average Bonchev–Trinajstić information content (AvgIpc) is 2.26. The molecule has 0 aliphatic carbocycles. The third-order valence-corrected chi connectivity index (χ3v) is 1.88. The molecule has 5 heteroatoms. The first kappa shape index (κ1) is 14.5. The molecule has 0 heterocycles. The van der Waals surface area contributed by atoms with Gasteiger partial charge in [-0.05, 0) is 6.42 Å². The molecule has 16 heavy (non-hydrogen) atoms. The summed E-state index contributed by atoms with van der Waals surface area (Å²) in [5, 5.41) is 5.47. The van der Waals surface area contributed by atoms with E-state index in [1.807, 2.05) is 6.92 Å². The van der Waals surface area contributed by atoms with Gasteiger partial charge < -0.3 is 10.2 Å². The Morgan fingerprint density at radius 1 is 1.44 bits per heavy atom. The van der Waals surface area contributed by atoms with Gasteiger partial charge in [0.1, 0.15) is 0 Å². The zero-order chi connectivity index (χ0) is 12.4. The summed E-state index contributed by atoms with van der Waals surface area (Å²) in [6, 6.07) is 0. The summed E-state index contributed by atoms with van der Waals surface area (Å²) in [6.45, 7) is 3.19. The van der Waals surface area contributed by atoms with Crippen LogP contribution in [0.4, 0.5) is 0 Å². The third kappa shape index (κ3) is 6.85. The fourth-order valence-corrected chi connectivity index (χ4v) is 1.00. The van der Waals surface area contributed by atoms with Gasteiger partial charge in [-0.1, -0.05) is 12.8 Å². The lowest BCUT2D eigenvalue weighted by Gasteiger charge is -2.16. The summed E-state index contributed by atoms with van der Waals surface area (Å²) in [5.74, 6) is 2.07. The van der Waals surface area contributed by atoms with E-state index in [-0.39, 0.29) is 24.9 Å². The molecular weight excluding hydrogens is 206 g/mol. The Morgan fingerprint density at radius 2 is 2.12 bits per heavy atom. The first-order valence-corrected chi connectivity index (χ1v) is 5.26. The van der Waals surface area contributed by atoms with Crippen molar-refractivity contribution in [3.63, 3.8) is 0 Å². The molecule has 0 rings (SSSR count). The van der Waals surface area contributed by atoms with Crippen molar-refractivity contribution in [3.8, 4) is 12.3 Å². The van der Waals surface area contributed by atoms with Gasteiger partial charge >= 0.3 is 0 Å². The molecule has 0 radical (unpaired) electrons. The van der Waals surface area contributed by atoms with Crippen LogP contribution in [-0.2, 0) is 9.59 Å². The molecule has 2 N–H and O–H groups in total. The van der Waals surface area contributed by atoms with Crippen molar-refractivity contribution in [2.75, 3.05) is 33.2 Å². The molecule has 2 amide bonds. The number of likely N-dealkylation sites (N-methyl/N-ethyl adjacent to an activating group) is 1. The van der Waals surface area contributed by atoms with Crippen LogP contribution in [0.1, 0.15) is 13.3 Å². The van der Waals surface area contributed by atoms with Crippen LogP contribution in [0.25, 0.3) is 0 Å². The Morgan fingerprint density at radius 3 is 2.69 bits per heavy atom. The van der Waals surface area contributed by atoms with Crippen LogP contribution in [0, 0.1) is 12.3 Å². The van der Waals surface area contributed by atoms with Gasteiger partial charge in [-0.2, -0.15) is 0 Å². The van der Waals surface area contributed by atoms with E-state index in [9.17, 15) is 9.59 Å². The summed E-state index contributed by atoms with van der Waals surface area (Å²) < 4.78 is 0. The van der Waals surface area contributed by atoms with Gasteiger partial charge in [0.2, 0.25) is 11.8 Å². The maximum Gasteiger partial charge on any atom is 0.239 e. The van der Waals surface area contributed by atoms with Crippen molar-refractivity contribution in [1.82, 2.24) is 15.5 Å². The molecule has 0 saturated carbocycles. The number of terminal acetylenes is 1. The monoisotopic (exact) mass is 225 g/mol. The molecule has 0 aliphatic heterocycles. The Labute approximate surface area is 96.6 Å². The summed E-state index contributed by atoms with van der Waals surface area (Å²) in [4.78, 5) is 24.1. The number of carbonyl (C=O) groups excluding carboxylic acids is 2. The number of nitrogens with one attached hydrogen (secondary N) is 2. The van der Waals surface area contributed by atoms with Crippen LogP contribution in [0.2, 0.25) is 0 Å². The maximum absolute atomic E-state index is 11.4. The van der Waals surface area contributed by atoms with Crippen molar-refractivity contribution in [3.05, 3.63) is 0 Å². The van der Waals surface area contributed by atoms with E-state index in [1.165, 1.54) is 4.90 Å². The number of rotatable bonds is 7. The molecule has 0 unspecified atom stereocenters. The smallest absolute Gasteiger partial charge is 0.239 e. The van der Waals surface area contributed by atoms with Crippen LogP contribution in [0.15, 0.2) is 0 Å². The zero-order valence-corrected chi connectivity index (χ0v) is 9.88. The Balaban J connectivity index is 3.78. The van der Waals surface area contributed by atoms with Crippen molar-refractivity contribution in [2.45, 2.75) is 13.3 Å². The van der Waals surface area contributed by atoms with Gasteiger partial charge in [0.25, 0.3) is 0 Å². The summed E-state index contributed by atoms with van der Waals surface area (Å²) >= 11 is 0. The Kier molecular flexibility index (Phi) is 7.90. The lowest BCUT2D eigenvalue weighted by atomic mass is 10.4. The molecule has 0 aromatic rings. The minimum Gasteiger partial charge on any atom is -0.355 e. The summed E-state index contributed by atoms with van der Waals surface area (Å²) in [5.41, 5.74) is 0. The predicted octanol–water partition coefficient (Wildman–Crippen LogP) is -0.806. The number of hydrogen-bond donors (Lipinski definition) is 2. The Hall–Kier alpha value is -1.54. The van der Waals surface area contributed by atoms with Gasteiger partial charge in [-0.3, -0.25) is 14.9 Å². The van der Waals surface area contributed by atoms with Crippen LogP contribution >= 0.6 is 0 Å². The van der Waals surface area contributed by atoms with Crippen LogP contribution in [-0.4, -0.2) is 49.9 Å². The molecule has 0 aromatic carbocycles. The van der Waals surface area contributed by atoms with Gasteiger partial charge in [-0.15, -0.1) is 6.42 Å². The van der Waals surface area contributed by atoms with Crippen LogP contribution in [0.3, 0.4) is 0 Å². The molecular formula is C11H19N3O2. The second-order valence-corrected chi connectivity index (χ2v) is 3.41. The number of amides is 2. The lowest BCUT2D eigenvalue weighted by Crippen LogP contribution is -2.42. The van der Waals surface area contributed by atoms with Crippen molar-refractivity contribution in [2.24, 2.45) is 0 Å². The van der Waals surface area contributed by atoms with Crippen LogP contribution < -0.4 is 10.6 Å². The third-order valence-electron chi connectivity index (χ3n) is 1.88. The largest absolute Gasteiger partial charge is 0.355 e. The molecule has 0 fully saturated rings. The second kappa shape index (κ2) is 8.74. The highest BCUT2D eigenvalue weighted by Gasteiger charge is 2.11. The number of hydrogen-bond acceptors (Lipinski definition) is 3. The van der Waals surface area contributed by atoms with Gasteiger partial charge in [0.05, 0.1) is 19.6 Å². The molecule has 0 bridgehead atoms. The quantitative estimate of drug-likeness (QED) is 0.440. The average molecular weight is 225 g/mol. The predicted molar refractivity (Wildman–Crippen MR) is 62.6 cm³/mol. The van der Waals surface area contributed by atoms with Crippen molar-refractivity contribution < 1.29 is 9.59 Å². The summed E-state index contributed by atoms with van der Waals surface area (Å²) in [7, 11) is 1.59. The molecule has 5 nitrogen and oxygen atoms in total. The van der Waals surface area contributed by atoms with E-state index in [0.717, 1.165) is 6.42 Å². The minimum atomic E-state index is -0.151. The number of nitrogens with zero attached hydrogens (tertiary/aromatic N) is 1. The SMILES string of the molecule is C#CCNCC(=O)N(C)CC(=O)NCCC. The molecule has 0 aliphatic rings. The van der Waals surface area contributed by atoms with E-state index in [0.29, 0.717) is 13.1 Å². The fraction of sp³-hybridized carbons (Fsp3) is 0.636. The van der Waals surface area contributed by atoms with E-state index in [1.54, 1.807) is 7.05 Å². The maximum atomic E-state index is 11.4. The Bertz CT molecular complexity index is 271.